The van der Waals surface area contributed by atoms with Crippen LogP contribution in [0.2, 0.25) is 10.0 Å². The number of hydrogen-bond acceptors (Lipinski definition) is 5. The van der Waals surface area contributed by atoms with E-state index in [2.05, 4.69) is 10.4 Å². The summed E-state index contributed by atoms with van der Waals surface area (Å²) in [4.78, 5) is 24.2. The first-order valence-electron chi connectivity index (χ1n) is 7.41. The summed E-state index contributed by atoms with van der Waals surface area (Å²) in [7, 11) is 1.61. The molecule has 0 saturated carbocycles. The molecule has 1 aromatic heterocycles. The van der Waals surface area contributed by atoms with E-state index in [9.17, 15) is 9.59 Å². The highest BCUT2D eigenvalue weighted by Gasteiger charge is 2.23. The quantitative estimate of drug-likeness (QED) is 0.771. The Labute approximate surface area is 154 Å². The monoisotopic (exact) mass is 385 g/mol. The van der Waals surface area contributed by atoms with Gasteiger partial charge in [0, 0.05) is 12.1 Å². The van der Waals surface area contributed by atoms with Crippen LogP contribution in [0.1, 0.15) is 23.0 Å². The van der Waals surface area contributed by atoms with Gasteiger partial charge in [0.1, 0.15) is 17.1 Å². The number of benzene rings is 1. The molecule has 0 unspecified atom stereocenters. The van der Waals surface area contributed by atoms with E-state index < -0.39 is 11.9 Å². The van der Waals surface area contributed by atoms with Gasteiger partial charge in [-0.05, 0) is 32.0 Å². The molecule has 0 aliphatic heterocycles. The maximum Gasteiger partial charge on any atom is 0.343 e. The van der Waals surface area contributed by atoms with Crippen LogP contribution in [-0.4, -0.2) is 34.9 Å². The molecule has 1 amide bonds. The summed E-state index contributed by atoms with van der Waals surface area (Å²) in [6.07, 6.45) is 0. The predicted molar refractivity (Wildman–Crippen MR) is 94.5 cm³/mol. The Hall–Kier alpha value is -2.25. The number of nitrogens with one attached hydrogen (secondary N) is 1. The van der Waals surface area contributed by atoms with E-state index >= 15 is 0 Å². The van der Waals surface area contributed by atoms with E-state index in [1.807, 2.05) is 0 Å². The topological polar surface area (TPSA) is 82.5 Å². The highest BCUT2D eigenvalue weighted by molar-refractivity contribution is 6.35. The number of amides is 1. The van der Waals surface area contributed by atoms with E-state index in [4.69, 9.17) is 32.7 Å². The second-order valence-electron chi connectivity index (χ2n) is 5.06. The van der Waals surface area contributed by atoms with Crippen LogP contribution in [-0.2, 0) is 16.6 Å². The Kier molecular flexibility index (Phi) is 6.27. The number of carbonyl (C=O) groups excluding carboxylic acids is 2. The number of esters is 1. The van der Waals surface area contributed by atoms with Crippen LogP contribution in [0.3, 0.4) is 0 Å². The normalized spacial score (nSPS) is 10.4. The Balaban J connectivity index is 2.09. The molecule has 7 nitrogen and oxygen atoms in total. The third-order valence-corrected chi connectivity index (χ3v) is 3.74. The summed E-state index contributed by atoms with van der Waals surface area (Å²) in [6.45, 7) is 3.28. The largest absolute Gasteiger partial charge is 0.482 e. The zero-order valence-corrected chi connectivity index (χ0v) is 15.4. The number of carbonyl (C=O) groups is 2. The number of halogens is 2. The van der Waals surface area contributed by atoms with Crippen LogP contribution < -0.4 is 10.1 Å². The summed E-state index contributed by atoms with van der Waals surface area (Å²) in [5, 5.41) is 7.50. The first-order chi connectivity index (χ1) is 11.8. The summed E-state index contributed by atoms with van der Waals surface area (Å²) in [5.74, 6) is -0.454. The van der Waals surface area contributed by atoms with E-state index in [0.717, 1.165) is 0 Å². The Morgan fingerprint density at radius 2 is 2.04 bits per heavy atom. The van der Waals surface area contributed by atoms with E-state index in [-0.39, 0.29) is 24.6 Å². The third-order valence-electron chi connectivity index (χ3n) is 3.21. The number of nitrogens with zero attached hydrogens (tertiary/aromatic N) is 2. The smallest absolute Gasteiger partial charge is 0.343 e. The zero-order valence-electron chi connectivity index (χ0n) is 13.9. The van der Waals surface area contributed by atoms with Gasteiger partial charge >= 0.3 is 5.97 Å². The van der Waals surface area contributed by atoms with Crippen molar-refractivity contribution in [2.75, 3.05) is 18.5 Å². The summed E-state index contributed by atoms with van der Waals surface area (Å²) in [6, 6.07) is 4.68. The summed E-state index contributed by atoms with van der Waals surface area (Å²) in [5.41, 5.74) is 0.667. The predicted octanol–water partition coefficient (Wildman–Crippen LogP) is 3.23. The van der Waals surface area contributed by atoms with Crippen LogP contribution in [0.15, 0.2) is 18.2 Å². The lowest BCUT2D eigenvalue weighted by atomic mass is 10.2. The molecule has 1 heterocycles. The molecule has 0 saturated heterocycles. The highest BCUT2D eigenvalue weighted by Crippen LogP contribution is 2.27. The van der Waals surface area contributed by atoms with Gasteiger partial charge in [-0.25, -0.2) is 4.79 Å². The average Bonchev–Trinajstić information content (AvgIpc) is 2.80. The lowest BCUT2D eigenvalue weighted by Gasteiger charge is -2.10. The van der Waals surface area contributed by atoms with Crippen molar-refractivity contribution in [1.82, 2.24) is 9.78 Å². The molecule has 2 aromatic rings. The molecule has 0 aliphatic carbocycles. The summed E-state index contributed by atoms with van der Waals surface area (Å²) >= 11 is 11.8. The van der Waals surface area contributed by atoms with Crippen LogP contribution in [0.25, 0.3) is 0 Å². The molecule has 0 bridgehead atoms. The molecule has 2 rings (SSSR count). The lowest BCUT2D eigenvalue weighted by Crippen LogP contribution is -2.23. The van der Waals surface area contributed by atoms with Gasteiger partial charge in [0.05, 0.1) is 17.3 Å². The van der Waals surface area contributed by atoms with E-state index in [1.54, 1.807) is 33.0 Å². The molecule has 0 atom stereocenters. The highest BCUT2D eigenvalue weighted by atomic mass is 35.5. The molecule has 0 aliphatic rings. The van der Waals surface area contributed by atoms with Crippen molar-refractivity contribution in [2.24, 2.45) is 7.05 Å². The minimum atomic E-state index is -0.551. The Morgan fingerprint density at radius 3 is 2.68 bits per heavy atom. The third kappa shape index (κ3) is 4.64. The fraction of sp³-hybridized carbons (Fsp3) is 0.312. The number of hydrogen-bond donors (Lipinski definition) is 1. The van der Waals surface area contributed by atoms with E-state index in [0.29, 0.717) is 21.5 Å². The minimum Gasteiger partial charge on any atom is -0.482 e. The van der Waals surface area contributed by atoms with Gasteiger partial charge in [-0.3, -0.25) is 9.48 Å². The van der Waals surface area contributed by atoms with Crippen molar-refractivity contribution >= 4 is 40.9 Å². The number of aromatic nitrogens is 2. The number of aryl methyl sites for hydroxylation is 2. The molecule has 9 heteroatoms. The first kappa shape index (κ1) is 19.1. The van der Waals surface area contributed by atoms with Gasteiger partial charge in [-0.1, -0.05) is 23.2 Å². The second-order valence-corrected chi connectivity index (χ2v) is 5.91. The first-order valence-corrected chi connectivity index (χ1v) is 8.17. The standard InChI is InChI=1S/C16H17Cl2N3O4/c1-4-24-16(23)14-9(2)20-21(3)15(14)19-13(22)8-25-12-6-5-10(17)7-11(12)18/h5-7H,4,8H2,1-3H3,(H,19,22). The molecule has 134 valence electrons. The molecule has 0 spiro atoms. The molecule has 0 fully saturated rings. The van der Waals surface area contributed by atoms with Crippen molar-refractivity contribution < 1.29 is 19.1 Å². The van der Waals surface area contributed by atoms with Gasteiger partial charge < -0.3 is 14.8 Å². The van der Waals surface area contributed by atoms with Crippen LogP contribution >= 0.6 is 23.2 Å². The maximum absolute atomic E-state index is 12.2. The molecule has 25 heavy (non-hydrogen) atoms. The van der Waals surface area contributed by atoms with Crippen molar-refractivity contribution in [3.05, 3.63) is 39.5 Å². The average molecular weight is 386 g/mol. The fourth-order valence-electron chi connectivity index (χ4n) is 2.15. The van der Waals surface area contributed by atoms with Crippen molar-refractivity contribution in [1.29, 1.82) is 0 Å². The van der Waals surface area contributed by atoms with Crippen LogP contribution in [0.5, 0.6) is 5.75 Å². The van der Waals surface area contributed by atoms with Gasteiger partial charge in [-0.15, -0.1) is 0 Å². The molecule has 1 aromatic carbocycles. The second kappa shape index (κ2) is 8.22. The number of ether oxygens (including phenoxy) is 2. The van der Waals surface area contributed by atoms with Gasteiger partial charge in [0.25, 0.3) is 5.91 Å². The lowest BCUT2D eigenvalue weighted by molar-refractivity contribution is -0.118. The fourth-order valence-corrected chi connectivity index (χ4v) is 2.62. The van der Waals surface area contributed by atoms with Crippen LogP contribution in [0, 0.1) is 6.92 Å². The molecule has 1 N–H and O–H groups in total. The molecular weight excluding hydrogens is 369 g/mol. The zero-order chi connectivity index (χ0) is 18.6. The number of rotatable bonds is 6. The van der Waals surface area contributed by atoms with Crippen LogP contribution in [0.4, 0.5) is 5.82 Å². The van der Waals surface area contributed by atoms with E-state index in [1.165, 1.54) is 10.7 Å². The van der Waals surface area contributed by atoms with Gasteiger partial charge in [-0.2, -0.15) is 5.10 Å². The van der Waals surface area contributed by atoms with Crippen molar-refractivity contribution in [3.63, 3.8) is 0 Å². The Bertz CT molecular complexity index is 805. The van der Waals surface area contributed by atoms with Crippen molar-refractivity contribution in [2.45, 2.75) is 13.8 Å². The summed E-state index contributed by atoms with van der Waals surface area (Å²) < 4.78 is 11.8. The Morgan fingerprint density at radius 1 is 1.32 bits per heavy atom. The van der Waals surface area contributed by atoms with Gasteiger partial charge in [0.2, 0.25) is 0 Å². The molecule has 0 radical (unpaired) electrons. The van der Waals surface area contributed by atoms with Gasteiger partial charge in [0.15, 0.2) is 6.61 Å². The van der Waals surface area contributed by atoms with Crippen molar-refractivity contribution in [3.8, 4) is 5.75 Å². The molecular formula is C16H17Cl2N3O4. The number of anilines is 1. The minimum absolute atomic E-state index is 0.210. The SMILES string of the molecule is CCOC(=O)c1c(C)nn(C)c1NC(=O)COc1ccc(Cl)cc1Cl. The maximum atomic E-state index is 12.2.